The monoisotopic (exact) mass is 340 g/mol. The fourth-order valence-corrected chi connectivity index (χ4v) is 3.13. The second-order valence-electron chi connectivity index (χ2n) is 6.88. The van der Waals surface area contributed by atoms with E-state index in [-0.39, 0.29) is 5.82 Å². The maximum atomic E-state index is 13.1. The van der Waals surface area contributed by atoms with E-state index in [1.807, 2.05) is 12.1 Å². The van der Waals surface area contributed by atoms with Gasteiger partial charge in [0, 0.05) is 17.4 Å². The van der Waals surface area contributed by atoms with Crippen LogP contribution in [0, 0.1) is 5.82 Å². The van der Waals surface area contributed by atoms with Crippen LogP contribution in [-0.4, -0.2) is 16.8 Å². The van der Waals surface area contributed by atoms with Gasteiger partial charge in [0.1, 0.15) is 23.3 Å². The van der Waals surface area contributed by atoms with Crippen LogP contribution in [-0.2, 0) is 6.42 Å². The lowest BCUT2D eigenvalue weighted by molar-refractivity contribution is -0.0229. The summed E-state index contributed by atoms with van der Waals surface area (Å²) in [5.74, 6) is 0.263. The van der Waals surface area contributed by atoms with Crippen LogP contribution in [0.25, 0.3) is 22.1 Å². The highest BCUT2D eigenvalue weighted by molar-refractivity contribution is 5.86. The van der Waals surface area contributed by atoms with Crippen LogP contribution < -0.4 is 10.4 Å². The first-order valence-electron chi connectivity index (χ1n) is 8.07. The van der Waals surface area contributed by atoms with Gasteiger partial charge in [-0.05, 0) is 49.7 Å². The molecule has 1 unspecified atom stereocenters. The van der Waals surface area contributed by atoms with Crippen LogP contribution in [0.2, 0.25) is 0 Å². The van der Waals surface area contributed by atoms with Crippen LogP contribution in [0.15, 0.2) is 51.7 Å². The Morgan fingerprint density at radius 1 is 1.16 bits per heavy atom. The Bertz CT molecular complexity index is 1010. The molecule has 0 fully saturated rings. The zero-order chi connectivity index (χ0) is 17.8. The van der Waals surface area contributed by atoms with E-state index in [1.165, 1.54) is 12.1 Å². The van der Waals surface area contributed by atoms with Crippen molar-refractivity contribution in [1.29, 1.82) is 0 Å². The highest BCUT2D eigenvalue weighted by Gasteiger charge is 2.36. The smallest absolute Gasteiger partial charge is 0.344 e. The van der Waals surface area contributed by atoms with E-state index < -0.39 is 17.3 Å². The summed E-state index contributed by atoms with van der Waals surface area (Å²) in [6.07, 6.45) is 0.0739. The molecule has 1 aliphatic rings. The molecule has 4 nitrogen and oxygen atoms in total. The van der Waals surface area contributed by atoms with E-state index in [0.717, 1.165) is 10.9 Å². The number of fused-ring (bicyclic) bond motifs is 3. The zero-order valence-corrected chi connectivity index (χ0v) is 13.9. The topological polar surface area (TPSA) is 59.7 Å². The minimum Gasteiger partial charge on any atom is -0.487 e. The molecule has 0 saturated carbocycles. The summed E-state index contributed by atoms with van der Waals surface area (Å²) in [7, 11) is 0. The van der Waals surface area contributed by atoms with E-state index >= 15 is 0 Å². The molecule has 128 valence electrons. The standard InChI is InChI=1S/C20H17FO4/c1-20(2,23)17-10-15-16(24-17)8-5-12-9-14(19(22)25-18(12)15)11-3-6-13(21)7-4-11/h3-9,17,23H,10H2,1-2H3. The van der Waals surface area contributed by atoms with Crippen LogP contribution in [0.1, 0.15) is 19.4 Å². The van der Waals surface area contributed by atoms with Crippen LogP contribution in [0.5, 0.6) is 5.75 Å². The first kappa shape index (κ1) is 15.8. The molecule has 4 rings (SSSR count). The molecule has 2 aromatic carbocycles. The molecule has 2 heterocycles. The lowest BCUT2D eigenvalue weighted by Gasteiger charge is -2.24. The van der Waals surface area contributed by atoms with Gasteiger partial charge in [0.15, 0.2) is 0 Å². The van der Waals surface area contributed by atoms with Gasteiger partial charge in [-0.3, -0.25) is 0 Å². The molecule has 0 aliphatic carbocycles. The molecule has 25 heavy (non-hydrogen) atoms. The van der Waals surface area contributed by atoms with Crippen molar-refractivity contribution >= 4 is 11.0 Å². The van der Waals surface area contributed by atoms with Gasteiger partial charge in [0.25, 0.3) is 0 Å². The van der Waals surface area contributed by atoms with Crippen molar-refractivity contribution in [3.63, 3.8) is 0 Å². The van der Waals surface area contributed by atoms with Crippen molar-refractivity contribution < 1.29 is 18.7 Å². The van der Waals surface area contributed by atoms with Gasteiger partial charge in [-0.1, -0.05) is 12.1 Å². The molecule has 0 saturated heterocycles. The van der Waals surface area contributed by atoms with E-state index in [9.17, 15) is 14.3 Å². The number of rotatable bonds is 2. The van der Waals surface area contributed by atoms with Crippen molar-refractivity contribution in [2.24, 2.45) is 0 Å². The molecule has 1 aliphatic heterocycles. The second-order valence-corrected chi connectivity index (χ2v) is 6.88. The first-order chi connectivity index (χ1) is 11.8. The fraction of sp³-hybridized carbons (Fsp3) is 0.250. The van der Waals surface area contributed by atoms with Gasteiger partial charge in [0.05, 0.1) is 11.2 Å². The van der Waals surface area contributed by atoms with Crippen molar-refractivity contribution in [3.05, 3.63) is 64.3 Å². The quantitative estimate of drug-likeness (QED) is 0.723. The van der Waals surface area contributed by atoms with Gasteiger partial charge >= 0.3 is 5.63 Å². The molecule has 1 aromatic heterocycles. The minimum absolute atomic E-state index is 0.360. The predicted octanol–water partition coefficient (Wildman–Crippen LogP) is 3.67. The number of halogens is 1. The molecular weight excluding hydrogens is 323 g/mol. The van der Waals surface area contributed by atoms with Crippen LogP contribution in [0.3, 0.4) is 0 Å². The normalized spacial score (nSPS) is 16.7. The van der Waals surface area contributed by atoms with Gasteiger partial charge in [-0.15, -0.1) is 0 Å². The number of ether oxygens (including phenoxy) is 1. The molecule has 0 spiro atoms. The Morgan fingerprint density at radius 3 is 2.56 bits per heavy atom. The Labute approximate surface area is 143 Å². The highest BCUT2D eigenvalue weighted by Crippen LogP contribution is 2.38. The third kappa shape index (κ3) is 2.70. The van der Waals surface area contributed by atoms with Gasteiger partial charge in [-0.2, -0.15) is 0 Å². The van der Waals surface area contributed by atoms with Crippen molar-refractivity contribution in [3.8, 4) is 16.9 Å². The summed E-state index contributed by atoms with van der Waals surface area (Å²) in [5, 5.41) is 10.9. The van der Waals surface area contributed by atoms with Gasteiger partial charge in [0.2, 0.25) is 0 Å². The molecule has 0 bridgehead atoms. The summed E-state index contributed by atoms with van der Waals surface area (Å²) in [5.41, 5.74) is 0.750. The molecule has 1 atom stereocenters. The third-order valence-electron chi connectivity index (χ3n) is 4.56. The van der Waals surface area contributed by atoms with Gasteiger partial charge in [-0.25, -0.2) is 9.18 Å². The van der Waals surface area contributed by atoms with Crippen molar-refractivity contribution in [1.82, 2.24) is 0 Å². The molecule has 0 amide bonds. The van der Waals surface area contributed by atoms with E-state index in [2.05, 4.69) is 0 Å². The van der Waals surface area contributed by atoms with Crippen LogP contribution >= 0.6 is 0 Å². The number of benzene rings is 2. The lowest BCUT2D eigenvalue weighted by atomic mass is 9.96. The molecular formula is C20H17FO4. The Hall–Kier alpha value is -2.66. The first-order valence-corrected chi connectivity index (χ1v) is 8.07. The molecule has 5 heteroatoms. The summed E-state index contributed by atoms with van der Waals surface area (Å²) >= 11 is 0. The maximum absolute atomic E-state index is 13.1. The van der Waals surface area contributed by atoms with Gasteiger partial charge < -0.3 is 14.3 Å². The van der Waals surface area contributed by atoms with Crippen molar-refractivity contribution in [2.45, 2.75) is 32.0 Å². The molecule has 1 N–H and O–H groups in total. The minimum atomic E-state index is -1.00. The summed E-state index contributed by atoms with van der Waals surface area (Å²) in [6, 6.07) is 11.1. The highest BCUT2D eigenvalue weighted by atomic mass is 19.1. The number of hydrogen-bond acceptors (Lipinski definition) is 4. The van der Waals surface area contributed by atoms with E-state index in [4.69, 9.17) is 9.15 Å². The Morgan fingerprint density at radius 2 is 1.88 bits per heavy atom. The molecule has 0 radical (unpaired) electrons. The zero-order valence-electron chi connectivity index (χ0n) is 13.9. The van der Waals surface area contributed by atoms with Crippen LogP contribution in [0.4, 0.5) is 4.39 Å². The third-order valence-corrected chi connectivity index (χ3v) is 4.56. The largest absolute Gasteiger partial charge is 0.487 e. The Balaban J connectivity index is 1.84. The molecule has 3 aromatic rings. The summed E-state index contributed by atoms with van der Waals surface area (Å²) in [4.78, 5) is 12.4. The van der Waals surface area contributed by atoms with E-state index in [0.29, 0.717) is 28.9 Å². The predicted molar refractivity (Wildman–Crippen MR) is 92.3 cm³/mol. The SMILES string of the molecule is CC(C)(O)C1Cc2c(ccc3cc(-c4ccc(F)cc4)c(=O)oc23)O1. The number of aliphatic hydroxyl groups is 1. The average molecular weight is 340 g/mol. The van der Waals surface area contributed by atoms with Crippen molar-refractivity contribution in [2.75, 3.05) is 0 Å². The fourth-order valence-electron chi connectivity index (χ4n) is 3.13. The summed E-state index contributed by atoms with van der Waals surface area (Å²) < 4.78 is 24.5. The number of hydrogen-bond donors (Lipinski definition) is 1. The Kier molecular flexibility index (Phi) is 3.44. The summed E-state index contributed by atoms with van der Waals surface area (Å²) in [6.45, 7) is 3.38. The van der Waals surface area contributed by atoms with E-state index in [1.54, 1.807) is 32.0 Å². The average Bonchev–Trinajstić information content (AvgIpc) is 3.00. The second kappa shape index (κ2) is 5.43. The lowest BCUT2D eigenvalue weighted by Crippen LogP contribution is -2.39. The maximum Gasteiger partial charge on any atom is 0.344 e.